The highest BCUT2D eigenvalue weighted by atomic mass is 28.5. The molecule has 736 valence electrons. The quantitative estimate of drug-likeness (QED) is 0.0623. The van der Waals surface area contributed by atoms with Gasteiger partial charge < -0.3 is 149 Å². The van der Waals surface area contributed by atoms with E-state index in [1.807, 2.05) is 183 Å². The number of hydrogen-bond acceptors (Lipinski definition) is 36. The van der Waals surface area contributed by atoms with Crippen LogP contribution in [0.1, 0.15) is 6.42 Å². The SMILES string of the molecule is COCCOCCC[Si](C)(O[SiH](C)O[Si](C)(C)C)O[Si](C)(C)C.C[SiH](O[SiH](C)O[SiH](C)O[SiH](C)O[SiH](C)O[SiH](C)O[SiH](C)O[SiH](C)O[SiH](C)O[SiH](C)O[SiH](C)O[SiH](C)O[SiH](C)O[SiH](C)O[SiH](C)O[SiH](C)O[Si](C)(C)C)O[SiH](C)O[SiH](C)O[SiH](C)O[SiH](C)O[SiH](C)O[SiH](C)O[SiH](C)O[SiH](C)O[SiH](C)O[SiH](C)O[SiH](C)O[SiH](C)O[SiH](C)O[SiH](C)O[Si](C)(C)C. The Balaban J connectivity index is 0. The van der Waals surface area contributed by atoms with Gasteiger partial charge in [0.2, 0.25) is 0 Å². The highest BCUT2D eigenvalue weighted by Gasteiger charge is 2.40. The maximum absolute atomic E-state index is 6.48. The minimum atomic E-state index is -2.21. The molecule has 0 aromatic rings. The van der Waals surface area contributed by atoms with Gasteiger partial charge in [-0.2, -0.15) is 0 Å². The average Bonchev–Trinajstić information content (AvgIpc) is 0.842. The zero-order chi connectivity index (χ0) is 94.4. The Labute approximate surface area is 798 Å². The third-order valence-corrected chi connectivity index (χ3v) is 125. The van der Waals surface area contributed by atoms with E-state index in [9.17, 15) is 0 Å². The summed E-state index contributed by atoms with van der Waals surface area (Å²) in [5.74, 6) is 0. The van der Waals surface area contributed by atoms with Crippen molar-refractivity contribution in [2.75, 3.05) is 26.9 Å². The van der Waals surface area contributed by atoms with Gasteiger partial charge in [-0.15, -0.1) is 0 Å². The molecule has 72 heteroatoms. The van der Waals surface area contributed by atoms with Crippen molar-refractivity contribution >= 4 is 330 Å². The molecule has 0 spiro atoms. The molecule has 0 aromatic heterocycles. The van der Waals surface area contributed by atoms with Crippen LogP contribution in [-0.4, -0.2) is 357 Å². The average molecular weight is 2370 g/mol. The summed E-state index contributed by atoms with van der Waals surface area (Å²) in [6.07, 6.45) is 0.963. The fourth-order valence-electron chi connectivity index (χ4n) is 12.2. The lowest BCUT2D eigenvalue weighted by Crippen LogP contribution is -2.51. The molecule has 0 bridgehead atoms. The molecule has 0 rings (SSSR count). The summed E-state index contributed by atoms with van der Waals surface area (Å²) in [6, 6.07) is 0.955. The molecule has 0 aromatic carbocycles. The van der Waals surface area contributed by atoms with Crippen molar-refractivity contribution in [3.63, 3.8) is 0 Å². The molecule has 32 atom stereocenters. The monoisotopic (exact) mass is 2360 g/mol. The third-order valence-electron chi connectivity index (χ3n) is 15.0. The van der Waals surface area contributed by atoms with Gasteiger partial charge in [0, 0.05) is 13.7 Å². The van der Waals surface area contributed by atoms with Crippen molar-refractivity contribution in [1.29, 1.82) is 0 Å². The van der Waals surface area contributed by atoms with Crippen LogP contribution in [-0.2, 0) is 149 Å². The number of ether oxygens (including phenoxy) is 2. The minimum Gasteiger partial charge on any atom is -0.439 e. The van der Waals surface area contributed by atoms with Crippen molar-refractivity contribution in [3.05, 3.63) is 0 Å². The Morgan fingerprint density at radius 2 is 0.295 bits per heavy atom. The summed E-state index contributed by atoms with van der Waals surface area (Å²) in [5.41, 5.74) is 0. The van der Waals surface area contributed by atoms with Gasteiger partial charge in [-0.3, -0.25) is 0 Å². The number of hydrogen-bond donors (Lipinski definition) is 0. The second-order valence-corrected chi connectivity index (χ2v) is 124. The molecule has 0 aliphatic carbocycles. The van der Waals surface area contributed by atoms with Crippen LogP contribution in [0, 0.1) is 0 Å². The molecule has 0 fully saturated rings. The maximum atomic E-state index is 6.48. The van der Waals surface area contributed by atoms with Gasteiger partial charge in [-0.1, -0.05) is 0 Å². The molecule has 122 heavy (non-hydrogen) atoms. The number of rotatable bonds is 75. The van der Waals surface area contributed by atoms with E-state index in [0.717, 1.165) is 19.1 Å². The van der Waals surface area contributed by atoms with E-state index in [4.69, 9.17) is 149 Å². The Morgan fingerprint density at radius 1 is 0.156 bits per heavy atom. The molecule has 36 nitrogen and oxygen atoms in total. The van der Waals surface area contributed by atoms with Gasteiger partial charge in [0.15, 0.2) is 33.3 Å². The van der Waals surface area contributed by atoms with E-state index in [1.165, 1.54) is 0 Å². The summed E-state index contributed by atoms with van der Waals surface area (Å²) >= 11 is 0. The molecule has 0 aliphatic rings. The molecular formula is C50H176O36Si36. The van der Waals surface area contributed by atoms with E-state index in [2.05, 4.69) is 105 Å². The standard InChI is InChI=1S/C36H138O31Si32.C14H38O5Si4/c1-68(38-70(3)40-72(5)42-74(7)44-76(9)46-78(11)48-80(13)50-82(15)52-84(17)54-86(19)56-88(21)58-90(23)60-92(25)62-94(27)64-96(29)66-98(31,32)33)37-69(2)39-71(4)41-73(6)43-75(8)45-77(10)47-79(12)49-81(14)51-83(16)53-85(18)55-87(20)57-89(22)59-91(24)61-93(26)63-95(28)65-97(30)67-99(34,35)36;1-15-12-13-16-11-10-14-23(9,19-22(6,7)8)18-20(2)17-21(3,4)5/h68-97H,1-36H3;20H,10-14H2,1-9H3. The predicted octanol–water partition coefficient (Wildman–Crippen LogP) is 2.36. The van der Waals surface area contributed by atoms with E-state index in [-0.39, 0.29) is 0 Å². The van der Waals surface area contributed by atoms with Crippen LogP contribution in [0.4, 0.5) is 0 Å². The third kappa shape index (κ3) is 80.2. The van der Waals surface area contributed by atoms with Gasteiger partial charge in [0.05, 0.1) is 13.2 Å². The molecule has 0 heterocycles. The second-order valence-electron chi connectivity index (χ2n) is 33.4. The lowest BCUT2D eigenvalue weighted by atomic mass is 10.5. The van der Waals surface area contributed by atoms with Crippen molar-refractivity contribution < 1.29 is 149 Å². The van der Waals surface area contributed by atoms with Gasteiger partial charge >= 0.3 is 8.56 Å². The molecule has 0 saturated heterocycles. The van der Waals surface area contributed by atoms with Crippen LogP contribution in [0.25, 0.3) is 0 Å². The van der Waals surface area contributed by atoms with Crippen LogP contribution < -0.4 is 0 Å². The lowest BCUT2D eigenvalue weighted by molar-refractivity contribution is 0.0703. The van der Waals surface area contributed by atoms with Crippen LogP contribution in [0.2, 0.25) is 294 Å². The Morgan fingerprint density at radius 3 is 0.426 bits per heavy atom. The van der Waals surface area contributed by atoms with Crippen molar-refractivity contribution in [2.45, 2.75) is 301 Å². The maximum Gasteiger partial charge on any atom is 0.315 e. The molecule has 32 unspecified atom stereocenters. The number of methoxy groups -OCH3 is 1. The molecule has 0 aliphatic heterocycles. The fourth-order valence-corrected chi connectivity index (χ4v) is 122. The summed E-state index contributed by atoms with van der Waals surface area (Å²) in [6.45, 7) is 93.3. The summed E-state index contributed by atoms with van der Waals surface area (Å²) < 4.78 is 224. The Hall–Kier alpha value is 6.37. The highest BCUT2D eigenvalue weighted by Crippen LogP contribution is 2.25. The van der Waals surface area contributed by atoms with Crippen LogP contribution in [0.15, 0.2) is 0 Å². The van der Waals surface area contributed by atoms with Crippen molar-refractivity contribution in [3.8, 4) is 0 Å². The van der Waals surface area contributed by atoms with Crippen molar-refractivity contribution in [1.82, 2.24) is 0 Å². The minimum absolute atomic E-state index is 0.643. The van der Waals surface area contributed by atoms with E-state index >= 15 is 0 Å². The van der Waals surface area contributed by atoms with Crippen LogP contribution in [0.5, 0.6) is 0 Å². The molecular weight excluding hydrogens is 2190 g/mol. The van der Waals surface area contributed by atoms with Gasteiger partial charge in [0.25, 0.3) is 288 Å². The van der Waals surface area contributed by atoms with E-state index in [0.29, 0.717) is 13.2 Å². The Bertz CT molecular complexity index is 2430. The Kier molecular flexibility index (Phi) is 74.9. The smallest absolute Gasteiger partial charge is 0.315 e. The zero-order valence-electron chi connectivity index (χ0n) is 83.6. The lowest BCUT2D eigenvalue weighted by Gasteiger charge is -2.37. The normalized spacial score (nSPS) is 21.2. The molecule has 0 radical (unpaired) electrons. The van der Waals surface area contributed by atoms with Crippen LogP contribution in [0.3, 0.4) is 0 Å². The van der Waals surface area contributed by atoms with E-state index in [1.54, 1.807) is 7.11 Å². The summed E-state index contributed by atoms with van der Waals surface area (Å²) in [4.78, 5) is 0. The first-order valence-corrected chi connectivity index (χ1v) is 125. The fraction of sp³-hybridized carbons (Fsp3) is 1.00. The topological polar surface area (TPSA) is 332 Å². The summed E-state index contributed by atoms with van der Waals surface area (Å²) in [5, 5.41) is 0. The zero-order valence-corrected chi connectivity index (χ0v) is 124. The first-order chi connectivity index (χ1) is 55.9. The first-order valence-electron chi connectivity index (χ1n) is 43.4. The van der Waals surface area contributed by atoms with Gasteiger partial charge in [0.1, 0.15) is 0 Å². The molecule has 0 N–H and O–H groups in total. The van der Waals surface area contributed by atoms with Crippen LogP contribution >= 0.6 is 0 Å². The first kappa shape index (κ1) is 130. The molecule has 0 saturated carbocycles. The van der Waals surface area contributed by atoms with E-state index < -0.39 is 330 Å². The van der Waals surface area contributed by atoms with Gasteiger partial charge in [-0.05, 0) is 301 Å². The van der Waals surface area contributed by atoms with Gasteiger partial charge in [-0.25, -0.2) is 0 Å². The molecule has 0 amide bonds. The summed E-state index contributed by atoms with van der Waals surface area (Å²) in [7, 11) is -67.9. The second kappa shape index (κ2) is 70.1. The highest BCUT2D eigenvalue weighted by molar-refractivity contribution is 6.86. The van der Waals surface area contributed by atoms with Crippen molar-refractivity contribution in [2.24, 2.45) is 0 Å². The largest absolute Gasteiger partial charge is 0.439 e. The predicted molar refractivity (Wildman–Crippen MR) is 577 cm³/mol.